The van der Waals surface area contributed by atoms with Crippen molar-refractivity contribution in [2.75, 3.05) is 6.54 Å². The molecule has 0 radical (unpaired) electrons. The van der Waals surface area contributed by atoms with Crippen molar-refractivity contribution in [3.63, 3.8) is 0 Å². The topological polar surface area (TPSA) is 73.1 Å². The predicted octanol–water partition coefficient (Wildman–Crippen LogP) is 2.06. The van der Waals surface area contributed by atoms with Crippen molar-refractivity contribution in [2.24, 2.45) is 0 Å². The Labute approximate surface area is 163 Å². The summed E-state index contributed by atoms with van der Waals surface area (Å²) in [6.45, 7) is 2.22. The van der Waals surface area contributed by atoms with Gasteiger partial charge in [-0.05, 0) is 37.0 Å². The maximum Gasteiger partial charge on any atom is 0.320 e. The summed E-state index contributed by atoms with van der Waals surface area (Å²) in [5, 5.41) is 2.80. The highest BCUT2D eigenvalue weighted by molar-refractivity contribution is 5.75. The van der Waals surface area contributed by atoms with Crippen molar-refractivity contribution < 1.29 is 4.79 Å². The number of aryl methyl sites for hydroxylation is 2. The van der Waals surface area contributed by atoms with Gasteiger partial charge in [0.2, 0.25) is 5.91 Å². The summed E-state index contributed by atoms with van der Waals surface area (Å²) in [5.41, 5.74) is 1.37. The van der Waals surface area contributed by atoms with E-state index in [1.165, 1.54) is 22.5 Å². The number of para-hydroxylation sites is 1. The van der Waals surface area contributed by atoms with E-state index in [0.717, 1.165) is 23.0 Å². The van der Waals surface area contributed by atoms with Crippen molar-refractivity contribution in [3.8, 4) is 5.69 Å². The third kappa shape index (κ3) is 4.65. The lowest BCUT2D eigenvalue weighted by Crippen LogP contribution is -2.42. The highest BCUT2D eigenvalue weighted by atomic mass is 16.2. The van der Waals surface area contributed by atoms with Crippen LogP contribution in [0.25, 0.3) is 5.69 Å². The zero-order valence-electron chi connectivity index (χ0n) is 15.8. The minimum atomic E-state index is -0.717. The third-order valence-electron chi connectivity index (χ3n) is 4.55. The molecule has 0 saturated carbocycles. The largest absolute Gasteiger partial charge is 0.355 e. The summed E-state index contributed by atoms with van der Waals surface area (Å²) in [6.07, 6.45) is 4.67. The lowest BCUT2D eigenvalue weighted by atomic mass is 10.1. The number of carbonyl (C=O) groups excluding carboxylic acids is 1. The summed E-state index contributed by atoms with van der Waals surface area (Å²) < 4.78 is 2.45. The fourth-order valence-electron chi connectivity index (χ4n) is 3.03. The average molecular weight is 377 g/mol. The molecule has 0 aliphatic heterocycles. The Bertz CT molecular complexity index is 1070. The Morgan fingerprint density at radius 2 is 1.64 bits per heavy atom. The van der Waals surface area contributed by atoms with Gasteiger partial charge in [-0.2, -0.15) is 0 Å². The molecule has 0 aliphatic carbocycles. The molecule has 1 heterocycles. The zero-order valence-corrected chi connectivity index (χ0v) is 15.8. The van der Waals surface area contributed by atoms with Crippen LogP contribution in [0.3, 0.4) is 0 Å². The molecule has 0 spiro atoms. The molecule has 0 atom stereocenters. The zero-order chi connectivity index (χ0) is 19.9. The second kappa shape index (κ2) is 8.99. The van der Waals surface area contributed by atoms with Crippen molar-refractivity contribution in [1.29, 1.82) is 0 Å². The van der Waals surface area contributed by atoms with Crippen LogP contribution in [0.1, 0.15) is 17.5 Å². The molecular weight excluding hydrogens is 354 g/mol. The van der Waals surface area contributed by atoms with Crippen molar-refractivity contribution in [3.05, 3.63) is 98.8 Å². The van der Waals surface area contributed by atoms with Crippen LogP contribution in [0.2, 0.25) is 0 Å². The molecule has 6 nitrogen and oxygen atoms in total. The molecule has 0 aliphatic rings. The van der Waals surface area contributed by atoms with E-state index >= 15 is 0 Å². The number of hydrogen-bond acceptors (Lipinski definition) is 3. The van der Waals surface area contributed by atoms with E-state index in [4.69, 9.17) is 0 Å². The monoisotopic (exact) mass is 377 g/mol. The average Bonchev–Trinajstić information content (AvgIpc) is 2.71. The lowest BCUT2D eigenvalue weighted by molar-refractivity contribution is -0.121. The van der Waals surface area contributed by atoms with Gasteiger partial charge in [0, 0.05) is 18.9 Å². The number of nitrogens with one attached hydrogen (secondary N) is 1. The summed E-state index contributed by atoms with van der Waals surface area (Å²) >= 11 is 0. The smallest absolute Gasteiger partial charge is 0.320 e. The molecule has 0 bridgehead atoms. The van der Waals surface area contributed by atoms with E-state index in [0.29, 0.717) is 12.2 Å². The van der Waals surface area contributed by atoms with Gasteiger partial charge < -0.3 is 5.32 Å². The first kappa shape index (κ1) is 19.4. The summed E-state index contributed by atoms with van der Waals surface area (Å²) in [5.74, 6) is -0.289. The van der Waals surface area contributed by atoms with Crippen LogP contribution in [-0.2, 0) is 17.8 Å². The van der Waals surface area contributed by atoms with E-state index < -0.39 is 11.1 Å². The van der Waals surface area contributed by atoms with Crippen LogP contribution < -0.4 is 16.4 Å². The number of aromatic nitrogens is 2. The fraction of sp³-hybridized carbons (Fsp3) is 0.227. The Hall–Kier alpha value is -3.41. The van der Waals surface area contributed by atoms with Crippen molar-refractivity contribution in [2.45, 2.75) is 26.3 Å². The Kier molecular flexibility index (Phi) is 6.22. The fourth-order valence-corrected chi connectivity index (χ4v) is 3.03. The van der Waals surface area contributed by atoms with Gasteiger partial charge in [-0.3, -0.25) is 23.5 Å². The van der Waals surface area contributed by atoms with Crippen molar-refractivity contribution in [1.82, 2.24) is 14.5 Å². The number of benzene rings is 2. The standard InChI is InChI=1S/C22H23N3O3/c1-17-8-5-6-12-19(17)25-15-14-24(21(27)22(25)28)16-20(26)23-13-7-11-18-9-3-2-4-10-18/h2-6,8-10,12,14-15H,7,11,13,16H2,1H3,(H,23,26). The quantitative estimate of drug-likeness (QED) is 0.506. The van der Waals surface area contributed by atoms with Crippen LogP contribution >= 0.6 is 0 Å². The maximum atomic E-state index is 12.4. The van der Waals surface area contributed by atoms with Crippen LogP contribution in [0.15, 0.2) is 76.6 Å². The summed E-state index contributed by atoms with van der Waals surface area (Å²) in [7, 11) is 0. The van der Waals surface area contributed by atoms with E-state index in [-0.39, 0.29) is 12.5 Å². The van der Waals surface area contributed by atoms with Gasteiger partial charge in [0.25, 0.3) is 0 Å². The van der Waals surface area contributed by atoms with Crippen LogP contribution in [-0.4, -0.2) is 21.6 Å². The van der Waals surface area contributed by atoms with Gasteiger partial charge in [-0.1, -0.05) is 48.5 Å². The Morgan fingerprint density at radius 1 is 0.929 bits per heavy atom. The summed E-state index contributed by atoms with van der Waals surface area (Å²) in [6, 6.07) is 17.4. The number of nitrogens with zero attached hydrogens (tertiary/aromatic N) is 2. The summed E-state index contributed by atoms with van der Waals surface area (Å²) in [4.78, 5) is 36.9. The number of amides is 1. The van der Waals surface area contributed by atoms with E-state index in [9.17, 15) is 14.4 Å². The molecule has 0 unspecified atom stereocenters. The Morgan fingerprint density at radius 3 is 2.39 bits per heavy atom. The van der Waals surface area contributed by atoms with Gasteiger partial charge in [0.05, 0.1) is 5.69 Å². The first-order valence-corrected chi connectivity index (χ1v) is 9.25. The molecule has 0 saturated heterocycles. The molecule has 144 valence electrons. The SMILES string of the molecule is Cc1ccccc1-n1ccn(CC(=O)NCCCc2ccccc2)c(=O)c1=O. The Balaban J connectivity index is 1.61. The molecular formula is C22H23N3O3. The van der Waals surface area contributed by atoms with Gasteiger partial charge in [0.1, 0.15) is 6.54 Å². The second-order valence-corrected chi connectivity index (χ2v) is 6.63. The number of carbonyl (C=O) groups is 1. The normalized spacial score (nSPS) is 10.6. The molecule has 1 N–H and O–H groups in total. The van der Waals surface area contributed by atoms with E-state index in [1.807, 2.05) is 55.5 Å². The second-order valence-electron chi connectivity index (χ2n) is 6.63. The van der Waals surface area contributed by atoms with Crippen LogP contribution in [0, 0.1) is 6.92 Å². The van der Waals surface area contributed by atoms with Crippen LogP contribution in [0.5, 0.6) is 0 Å². The molecule has 3 aromatic rings. The van der Waals surface area contributed by atoms with E-state index in [1.54, 1.807) is 6.07 Å². The molecule has 3 rings (SSSR count). The highest BCUT2D eigenvalue weighted by Crippen LogP contribution is 2.09. The first-order valence-electron chi connectivity index (χ1n) is 9.25. The number of rotatable bonds is 7. The van der Waals surface area contributed by atoms with Crippen LogP contribution in [0.4, 0.5) is 0 Å². The molecule has 0 fully saturated rings. The van der Waals surface area contributed by atoms with Gasteiger partial charge in [-0.25, -0.2) is 0 Å². The molecule has 2 aromatic carbocycles. The number of hydrogen-bond donors (Lipinski definition) is 1. The van der Waals surface area contributed by atoms with E-state index in [2.05, 4.69) is 5.32 Å². The van der Waals surface area contributed by atoms with Gasteiger partial charge in [-0.15, -0.1) is 0 Å². The molecule has 6 heteroatoms. The van der Waals surface area contributed by atoms with Gasteiger partial charge in [0.15, 0.2) is 0 Å². The molecule has 28 heavy (non-hydrogen) atoms. The minimum absolute atomic E-state index is 0.173. The molecule has 1 amide bonds. The lowest BCUT2D eigenvalue weighted by Gasteiger charge is -2.11. The minimum Gasteiger partial charge on any atom is -0.355 e. The van der Waals surface area contributed by atoms with Gasteiger partial charge >= 0.3 is 11.1 Å². The predicted molar refractivity (Wildman–Crippen MR) is 109 cm³/mol. The highest BCUT2D eigenvalue weighted by Gasteiger charge is 2.10. The maximum absolute atomic E-state index is 12.4. The van der Waals surface area contributed by atoms with Crippen molar-refractivity contribution >= 4 is 5.91 Å². The first-order chi connectivity index (χ1) is 13.6. The molecule has 1 aromatic heterocycles. The third-order valence-corrected chi connectivity index (χ3v) is 4.55.